The summed E-state index contributed by atoms with van der Waals surface area (Å²) in [6.07, 6.45) is 7.19. The van der Waals surface area contributed by atoms with Crippen molar-refractivity contribution in [2.75, 3.05) is 12.4 Å². The standard InChI is InChI=1S/C16H22N2O2S/c19-8-14-12-3-4-13(6-12)16(14)18-15(20)10-21-9-11-2-1-5-17-7-11/h1-2,5,7,12-14,16,19H,3-4,6,8-10H2,(H,18,20). The summed E-state index contributed by atoms with van der Waals surface area (Å²) < 4.78 is 0. The molecule has 0 aromatic carbocycles. The second-order valence-electron chi connectivity index (χ2n) is 6.13. The van der Waals surface area contributed by atoms with Crippen LogP contribution in [0.2, 0.25) is 0 Å². The van der Waals surface area contributed by atoms with Crippen LogP contribution >= 0.6 is 11.8 Å². The lowest BCUT2D eigenvalue weighted by Crippen LogP contribution is -2.45. The first-order valence-electron chi connectivity index (χ1n) is 7.65. The highest BCUT2D eigenvalue weighted by Crippen LogP contribution is 2.48. The zero-order valence-electron chi connectivity index (χ0n) is 12.1. The molecule has 0 aliphatic heterocycles. The molecule has 4 unspecified atom stereocenters. The third-order valence-corrected chi connectivity index (χ3v) is 5.86. The lowest BCUT2D eigenvalue weighted by atomic mass is 9.85. The van der Waals surface area contributed by atoms with Crippen LogP contribution in [0.5, 0.6) is 0 Å². The van der Waals surface area contributed by atoms with Crippen LogP contribution in [0.3, 0.4) is 0 Å². The van der Waals surface area contributed by atoms with Crippen LogP contribution in [-0.4, -0.2) is 34.4 Å². The SMILES string of the molecule is O=C(CSCc1cccnc1)NC1C2CCC(C2)C1CO. The summed E-state index contributed by atoms with van der Waals surface area (Å²) in [5, 5.41) is 12.7. The Morgan fingerprint density at radius 3 is 3.05 bits per heavy atom. The lowest BCUT2D eigenvalue weighted by molar-refractivity contribution is -0.120. The summed E-state index contributed by atoms with van der Waals surface area (Å²) in [6.45, 7) is 0.203. The summed E-state index contributed by atoms with van der Waals surface area (Å²) in [7, 11) is 0. The second kappa shape index (κ2) is 6.79. The average molecular weight is 306 g/mol. The van der Waals surface area contributed by atoms with Gasteiger partial charge in [0.15, 0.2) is 0 Å². The van der Waals surface area contributed by atoms with Crippen LogP contribution in [0.25, 0.3) is 0 Å². The number of carbonyl (C=O) groups excluding carboxylic acids is 1. The Kier molecular flexibility index (Phi) is 4.80. The van der Waals surface area contributed by atoms with E-state index >= 15 is 0 Å². The number of hydrogen-bond donors (Lipinski definition) is 2. The molecule has 4 nitrogen and oxygen atoms in total. The Labute approximate surface area is 129 Å². The molecular formula is C16H22N2O2S. The molecule has 2 saturated carbocycles. The van der Waals surface area contributed by atoms with E-state index in [4.69, 9.17) is 0 Å². The van der Waals surface area contributed by atoms with Gasteiger partial charge in [0, 0.05) is 36.7 Å². The molecule has 1 aromatic heterocycles. The van der Waals surface area contributed by atoms with Crippen LogP contribution < -0.4 is 5.32 Å². The summed E-state index contributed by atoms with van der Waals surface area (Å²) in [5.41, 5.74) is 1.14. The number of fused-ring (bicyclic) bond motifs is 2. The predicted octanol–water partition coefficient (Wildman–Crippen LogP) is 1.84. The Bertz CT molecular complexity index is 482. The van der Waals surface area contributed by atoms with Gasteiger partial charge in [-0.3, -0.25) is 9.78 Å². The first kappa shape index (κ1) is 14.9. The fraction of sp³-hybridized carbons (Fsp3) is 0.625. The van der Waals surface area contributed by atoms with Crippen molar-refractivity contribution >= 4 is 17.7 Å². The number of amides is 1. The van der Waals surface area contributed by atoms with Gasteiger partial charge in [-0.15, -0.1) is 11.8 Å². The Morgan fingerprint density at radius 2 is 2.29 bits per heavy atom. The quantitative estimate of drug-likeness (QED) is 0.842. The first-order valence-corrected chi connectivity index (χ1v) is 8.80. The molecule has 1 heterocycles. The maximum Gasteiger partial charge on any atom is 0.230 e. The van der Waals surface area contributed by atoms with Crippen LogP contribution in [0.15, 0.2) is 24.5 Å². The van der Waals surface area contributed by atoms with Crippen molar-refractivity contribution in [1.29, 1.82) is 0 Å². The highest BCUT2D eigenvalue weighted by Gasteiger charge is 2.47. The van der Waals surface area contributed by atoms with Gasteiger partial charge in [0.1, 0.15) is 0 Å². The monoisotopic (exact) mass is 306 g/mol. The van der Waals surface area contributed by atoms with Gasteiger partial charge in [-0.1, -0.05) is 6.07 Å². The van der Waals surface area contributed by atoms with Crippen molar-refractivity contribution < 1.29 is 9.90 Å². The van der Waals surface area contributed by atoms with Gasteiger partial charge in [0.25, 0.3) is 0 Å². The third-order valence-electron chi connectivity index (χ3n) is 4.85. The minimum absolute atomic E-state index is 0.0971. The van der Waals surface area contributed by atoms with E-state index in [2.05, 4.69) is 10.3 Å². The molecular weight excluding hydrogens is 284 g/mol. The van der Waals surface area contributed by atoms with E-state index in [0.29, 0.717) is 17.6 Å². The summed E-state index contributed by atoms with van der Waals surface area (Å²) in [5.74, 6) is 2.85. The molecule has 2 fully saturated rings. The lowest BCUT2D eigenvalue weighted by Gasteiger charge is -2.30. The fourth-order valence-electron chi connectivity index (χ4n) is 3.87. The van der Waals surface area contributed by atoms with Crippen molar-refractivity contribution in [1.82, 2.24) is 10.3 Å². The van der Waals surface area contributed by atoms with Gasteiger partial charge >= 0.3 is 0 Å². The topological polar surface area (TPSA) is 62.2 Å². The van der Waals surface area contributed by atoms with Crippen molar-refractivity contribution in [3.05, 3.63) is 30.1 Å². The van der Waals surface area contributed by atoms with E-state index in [-0.39, 0.29) is 24.5 Å². The molecule has 4 atom stereocenters. The fourth-order valence-corrected chi connectivity index (χ4v) is 4.65. The van der Waals surface area contributed by atoms with Crippen LogP contribution in [0.1, 0.15) is 24.8 Å². The van der Waals surface area contributed by atoms with Crippen LogP contribution in [-0.2, 0) is 10.5 Å². The van der Waals surface area contributed by atoms with Crippen LogP contribution in [0.4, 0.5) is 0 Å². The summed E-state index contributed by atoms with van der Waals surface area (Å²) in [6, 6.07) is 4.13. The molecule has 3 rings (SSSR count). The van der Waals surface area contributed by atoms with E-state index in [1.54, 1.807) is 18.0 Å². The number of aliphatic hydroxyl groups excluding tert-OH is 1. The predicted molar refractivity (Wildman–Crippen MR) is 83.7 cm³/mol. The zero-order chi connectivity index (χ0) is 14.7. The molecule has 2 bridgehead atoms. The molecule has 0 saturated heterocycles. The van der Waals surface area contributed by atoms with Crippen LogP contribution in [0, 0.1) is 17.8 Å². The Balaban J connectivity index is 1.44. The average Bonchev–Trinajstić information content (AvgIpc) is 3.09. The zero-order valence-corrected chi connectivity index (χ0v) is 12.9. The number of hydrogen-bond acceptors (Lipinski definition) is 4. The van der Waals surface area contributed by atoms with E-state index in [1.807, 2.05) is 18.3 Å². The Morgan fingerprint density at radius 1 is 1.43 bits per heavy atom. The maximum absolute atomic E-state index is 12.1. The first-order chi connectivity index (χ1) is 10.3. The molecule has 114 valence electrons. The molecule has 2 N–H and O–H groups in total. The number of carbonyl (C=O) groups is 1. The number of pyridine rings is 1. The van der Waals surface area contributed by atoms with Crippen molar-refractivity contribution in [3.8, 4) is 0 Å². The minimum atomic E-state index is 0.0971. The number of rotatable bonds is 6. The number of aromatic nitrogens is 1. The molecule has 2 aliphatic carbocycles. The van der Waals surface area contributed by atoms with E-state index in [1.165, 1.54) is 19.3 Å². The number of nitrogens with one attached hydrogen (secondary N) is 1. The maximum atomic E-state index is 12.1. The Hall–Kier alpha value is -1.07. The third kappa shape index (κ3) is 3.40. The van der Waals surface area contributed by atoms with Crippen molar-refractivity contribution in [2.24, 2.45) is 17.8 Å². The van der Waals surface area contributed by atoms with Gasteiger partial charge in [0.2, 0.25) is 5.91 Å². The summed E-state index contributed by atoms with van der Waals surface area (Å²) >= 11 is 1.61. The summed E-state index contributed by atoms with van der Waals surface area (Å²) in [4.78, 5) is 16.2. The number of aliphatic hydroxyl groups is 1. The van der Waals surface area contributed by atoms with E-state index < -0.39 is 0 Å². The normalized spacial score (nSPS) is 30.5. The molecule has 0 radical (unpaired) electrons. The molecule has 5 heteroatoms. The van der Waals surface area contributed by atoms with Gasteiger partial charge in [-0.25, -0.2) is 0 Å². The highest BCUT2D eigenvalue weighted by molar-refractivity contribution is 7.99. The smallest absolute Gasteiger partial charge is 0.230 e. The largest absolute Gasteiger partial charge is 0.396 e. The molecule has 1 aromatic rings. The van der Waals surface area contributed by atoms with Crippen molar-refractivity contribution in [3.63, 3.8) is 0 Å². The highest BCUT2D eigenvalue weighted by atomic mass is 32.2. The van der Waals surface area contributed by atoms with Gasteiger partial charge < -0.3 is 10.4 Å². The van der Waals surface area contributed by atoms with E-state index in [0.717, 1.165) is 11.3 Å². The van der Waals surface area contributed by atoms with Gasteiger partial charge in [0.05, 0.1) is 5.75 Å². The minimum Gasteiger partial charge on any atom is -0.396 e. The van der Waals surface area contributed by atoms with E-state index in [9.17, 15) is 9.90 Å². The number of thioether (sulfide) groups is 1. The second-order valence-corrected chi connectivity index (χ2v) is 7.11. The van der Waals surface area contributed by atoms with Crippen molar-refractivity contribution in [2.45, 2.75) is 31.1 Å². The molecule has 1 amide bonds. The number of nitrogens with zero attached hydrogens (tertiary/aromatic N) is 1. The van der Waals surface area contributed by atoms with Gasteiger partial charge in [-0.05, 0) is 42.7 Å². The van der Waals surface area contributed by atoms with Gasteiger partial charge in [-0.2, -0.15) is 0 Å². The molecule has 21 heavy (non-hydrogen) atoms. The molecule has 0 spiro atoms. The molecule has 2 aliphatic rings.